The number of esters is 1. The van der Waals surface area contributed by atoms with E-state index in [0.717, 1.165) is 12.1 Å². The number of carbonyl (C=O) groups is 2. The first-order valence-corrected chi connectivity index (χ1v) is 10.3. The van der Waals surface area contributed by atoms with Crippen molar-refractivity contribution in [3.8, 4) is 0 Å². The summed E-state index contributed by atoms with van der Waals surface area (Å²) in [6, 6.07) is 6.54. The van der Waals surface area contributed by atoms with Gasteiger partial charge in [0, 0.05) is 17.8 Å². The van der Waals surface area contributed by atoms with Crippen LogP contribution in [0.1, 0.15) is 35.8 Å². The molecule has 32 heavy (non-hydrogen) atoms. The summed E-state index contributed by atoms with van der Waals surface area (Å²) in [5.74, 6) is -0.302. The van der Waals surface area contributed by atoms with Crippen LogP contribution >= 0.6 is 0 Å². The molecule has 2 aromatic heterocycles. The number of fused-ring (bicyclic) bond motifs is 1. The van der Waals surface area contributed by atoms with E-state index in [1.807, 2.05) is 0 Å². The highest BCUT2D eigenvalue weighted by Gasteiger charge is 2.35. The summed E-state index contributed by atoms with van der Waals surface area (Å²) in [6.07, 6.45) is 2.99. The second kappa shape index (κ2) is 9.00. The largest absolute Gasteiger partial charge is 0.464 e. The molecule has 3 aromatic rings. The van der Waals surface area contributed by atoms with Crippen LogP contribution in [-0.2, 0) is 16.1 Å². The molecule has 1 unspecified atom stereocenters. The van der Waals surface area contributed by atoms with Gasteiger partial charge in [0.05, 0.1) is 25.0 Å². The molecular formula is C21H24N8O3. The molecule has 0 bridgehead atoms. The zero-order chi connectivity index (χ0) is 22.7. The number of carbonyl (C=O) groups excluding carboxylic acids is 2. The van der Waals surface area contributed by atoms with Crippen LogP contribution in [0.25, 0.3) is 11.2 Å². The fourth-order valence-electron chi connectivity index (χ4n) is 3.65. The summed E-state index contributed by atoms with van der Waals surface area (Å²) in [5.41, 5.74) is 14.1. The maximum absolute atomic E-state index is 12.9. The van der Waals surface area contributed by atoms with Crippen LogP contribution in [0.3, 0.4) is 0 Å². The average molecular weight is 436 g/mol. The topological polar surface area (TPSA) is 162 Å². The number of nitrogen functional groups attached to an aromatic ring is 2. The fraction of sp³-hybridized carbons (Fsp3) is 0.333. The number of ether oxygens (including phenoxy) is 1. The highest BCUT2D eigenvalue weighted by atomic mass is 16.5. The van der Waals surface area contributed by atoms with Gasteiger partial charge in [0.15, 0.2) is 17.0 Å². The van der Waals surface area contributed by atoms with Gasteiger partial charge in [0.1, 0.15) is 6.04 Å². The first-order valence-electron chi connectivity index (χ1n) is 10.3. The Morgan fingerprint density at radius 2 is 1.97 bits per heavy atom. The molecule has 1 amide bonds. The Balaban J connectivity index is 1.41. The first kappa shape index (κ1) is 21.2. The highest BCUT2D eigenvalue weighted by molar-refractivity contribution is 5.97. The quantitative estimate of drug-likeness (QED) is 0.481. The molecule has 3 heterocycles. The van der Waals surface area contributed by atoms with E-state index in [4.69, 9.17) is 16.2 Å². The van der Waals surface area contributed by atoms with Crippen LogP contribution < -0.4 is 16.8 Å². The van der Waals surface area contributed by atoms with E-state index in [9.17, 15) is 9.59 Å². The molecule has 5 N–H and O–H groups in total. The maximum Gasteiger partial charge on any atom is 0.328 e. The van der Waals surface area contributed by atoms with Gasteiger partial charge in [-0.2, -0.15) is 9.97 Å². The number of likely N-dealkylation sites (tertiary alicyclic amines) is 1. The third-order valence-corrected chi connectivity index (χ3v) is 5.18. The van der Waals surface area contributed by atoms with Crippen LogP contribution in [0.15, 0.2) is 30.5 Å². The minimum Gasteiger partial charge on any atom is -0.464 e. The van der Waals surface area contributed by atoms with Crippen molar-refractivity contribution in [2.24, 2.45) is 0 Å². The van der Waals surface area contributed by atoms with Crippen molar-refractivity contribution in [3.63, 3.8) is 0 Å². The number of benzene rings is 1. The van der Waals surface area contributed by atoms with E-state index in [1.165, 1.54) is 0 Å². The number of hydrogen-bond donors (Lipinski definition) is 3. The van der Waals surface area contributed by atoms with Gasteiger partial charge < -0.3 is 26.4 Å². The second-order valence-electron chi connectivity index (χ2n) is 7.34. The summed E-state index contributed by atoms with van der Waals surface area (Å²) in [4.78, 5) is 43.2. The number of nitrogens with zero attached hydrogens (tertiary/aromatic N) is 5. The summed E-state index contributed by atoms with van der Waals surface area (Å²) in [6.45, 7) is 2.98. The maximum atomic E-state index is 12.9. The minimum atomic E-state index is -0.515. The van der Waals surface area contributed by atoms with Crippen LogP contribution in [0.5, 0.6) is 0 Å². The van der Waals surface area contributed by atoms with Crippen LogP contribution in [-0.4, -0.2) is 55.9 Å². The van der Waals surface area contributed by atoms with Crippen molar-refractivity contribution < 1.29 is 14.3 Å². The number of nitrogens with one attached hydrogen (secondary N) is 1. The third kappa shape index (κ3) is 4.36. The normalized spacial score (nSPS) is 15.7. The molecule has 4 rings (SSSR count). The van der Waals surface area contributed by atoms with E-state index in [1.54, 1.807) is 42.3 Å². The number of anilines is 3. The minimum absolute atomic E-state index is 0.0484. The Morgan fingerprint density at radius 1 is 1.19 bits per heavy atom. The van der Waals surface area contributed by atoms with E-state index >= 15 is 0 Å². The van der Waals surface area contributed by atoms with Crippen molar-refractivity contribution >= 4 is 40.5 Å². The molecule has 1 aliphatic heterocycles. The molecule has 1 fully saturated rings. The number of rotatable bonds is 6. The summed E-state index contributed by atoms with van der Waals surface area (Å²) >= 11 is 0. The van der Waals surface area contributed by atoms with E-state index in [-0.39, 0.29) is 23.6 Å². The summed E-state index contributed by atoms with van der Waals surface area (Å²) < 4.78 is 5.10. The fourth-order valence-corrected chi connectivity index (χ4v) is 3.65. The van der Waals surface area contributed by atoms with Gasteiger partial charge in [-0.3, -0.25) is 4.79 Å². The molecular weight excluding hydrogens is 412 g/mol. The van der Waals surface area contributed by atoms with Crippen LogP contribution in [0.2, 0.25) is 0 Å². The van der Waals surface area contributed by atoms with Crippen LogP contribution in [0, 0.1) is 0 Å². The number of hydrogen-bond acceptors (Lipinski definition) is 10. The van der Waals surface area contributed by atoms with Crippen molar-refractivity contribution in [3.05, 3.63) is 41.7 Å². The van der Waals surface area contributed by atoms with Crippen molar-refractivity contribution in [1.82, 2.24) is 24.8 Å². The Hall–Kier alpha value is -4.02. The zero-order valence-electron chi connectivity index (χ0n) is 17.6. The van der Waals surface area contributed by atoms with Crippen LogP contribution in [0.4, 0.5) is 17.5 Å². The average Bonchev–Trinajstić information content (AvgIpc) is 3.28. The predicted molar refractivity (Wildman–Crippen MR) is 118 cm³/mol. The Bertz CT molecular complexity index is 1150. The number of nitrogens with two attached hydrogens (primary N) is 2. The number of aromatic nitrogens is 4. The predicted octanol–water partition coefficient (Wildman–Crippen LogP) is 1.36. The lowest BCUT2D eigenvalue weighted by molar-refractivity contribution is -0.147. The molecule has 1 aliphatic rings. The lowest BCUT2D eigenvalue weighted by Crippen LogP contribution is -2.41. The molecule has 1 atom stereocenters. The smallest absolute Gasteiger partial charge is 0.328 e. The van der Waals surface area contributed by atoms with Crippen molar-refractivity contribution in [1.29, 1.82) is 0 Å². The Kier molecular flexibility index (Phi) is 5.97. The first-order chi connectivity index (χ1) is 15.5. The molecule has 0 aliphatic carbocycles. The Labute approximate surface area is 184 Å². The molecule has 11 heteroatoms. The summed E-state index contributed by atoms with van der Waals surface area (Å²) in [7, 11) is 0. The molecule has 11 nitrogen and oxygen atoms in total. The van der Waals surface area contributed by atoms with Gasteiger partial charge in [-0.1, -0.05) is 0 Å². The van der Waals surface area contributed by atoms with Crippen molar-refractivity contribution in [2.45, 2.75) is 32.4 Å². The lowest BCUT2D eigenvalue weighted by Gasteiger charge is -2.23. The molecule has 1 saturated heterocycles. The molecule has 1 aromatic carbocycles. The standard InChI is InChI=1S/C21H24N8O3/c1-2-32-20(31)15-4-3-9-29(15)19(30)12-5-7-13(8-6-12)24-10-14-11-25-18-16(26-14)17(22)27-21(23)28-18/h5-8,11,15,24H,2-4,9-10H2,1H3,(H4,22,23,25,27,28). The van der Waals surface area contributed by atoms with Crippen molar-refractivity contribution in [2.75, 3.05) is 29.9 Å². The van der Waals surface area contributed by atoms with Gasteiger partial charge in [0.25, 0.3) is 5.91 Å². The van der Waals surface area contributed by atoms with Gasteiger partial charge in [-0.25, -0.2) is 14.8 Å². The van der Waals surface area contributed by atoms with Gasteiger partial charge in [-0.05, 0) is 44.0 Å². The van der Waals surface area contributed by atoms with E-state index in [0.29, 0.717) is 48.5 Å². The number of amides is 1. The van der Waals surface area contributed by atoms with Gasteiger partial charge in [-0.15, -0.1) is 0 Å². The lowest BCUT2D eigenvalue weighted by atomic mass is 10.1. The summed E-state index contributed by atoms with van der Waals surface area (Å²) in [5, 5.41) is 3.23. The monoisotopic (exact) mass is 436 g/mol. The van der Waals surface area contributed by atoms with E-state index in [2.05, 4.69) is 25.3 Å². The Morgan fingerprint density at radius 3 is 2.72 bits per heavy atom. The van der Waals surface area contributed by atoms with Gasteiger partial charge in [0.2, 0.25) is 5.95 Å². The second-order valence-corrected chi connectivity index (χ2v) is 7.34. The third-order valence-electron chi connectivity index (χ3n) is 5.18. The van der Waals surface area contributed by atoms with Gasteiger partial charge >= 0.3 is 5.97 Å². The molecule has 0 saturated carbocycles. The molecule has 0 radical (unpaired) electrons. The SMILES string of the molecule is CCOC(=O)C1CCCN1C(=O)c1ccc(NCc2cnc3nc(N)nc(N)c3n2)cc1. The van der Waals surface area contributed by atoms with E-state index < -0.39 is 6.04 Å². The zero-order valence-corrected chi connectivity index (χ0v) is 17.6. The highest BCUT2D eigenvalue weighted by Crippen LogP contribution is 2.22. The molecule has 166 valence electrons. The molecule has 0 spiro atoms.